The highest BCUT2D eigenvalue weighted by atomic mass is 19.4. The van der Waals surface area contributed by atoms with E-state index in [-0.39, 0.29) is 0 Å². The minimum absolute atomic E-state index is 0.488. The zero-order valence-electron chi connectivity index (χ0n) is 12.4. The van der Waals surface area contributed by atoms with Crippen LogP contribution in [0, 0.1) is 11.8 Å². The molecule has 14 heteroatoms. The van der Waals surface area contributed by atoms with E-state index in [1.165, 1.54) is 0 Å². The number of hydrogen-bond donors (Lipinski definition) is 2. The van der Waals surface area contributed by atoms with Gasteiger partial charge in [0.1, 0.15) is 0 Å². The molecule has 0 fully saturated rings. The Morgan fingerprint density at radius 1 is 0.593 bits per heavy atom. The van der Waals surface area contributed by atoms with Crippen LogP contribution in [0.4, 0.5) is 52.7 Å². The van der Waals surface area contributed by atoms with Crippen molar-refractivity contribution in [2.24, 2.45) is 11.8 Å². The first-order valence-electron chi connectivity index (χ1n) is 6.86. The lowest BCUT2D eigenvalue weighted by atomic mass is 9.76. The lowest BCUT2D eigenvalue weighted by Gasteiger charge is -2.40. The first-order valence-corrected chi connectivity index (χ1v) is 6.86. The summed E-state index contributed by atoms with van der Waals surface area (Å²) < 4.78 is 160. The molecular formula is C13H8F12O2. The summed E-state index contributed by atoms with van der Waals surface area (Å²) in [4.78, 5) is 0. The first-order chi connectivity index (χ1) is 11.7. The van der Waals surface area contributed by atoms with Crippen LogP contribution < -0.4 is 0 Å². The molecular weight excluding hydrogens is 416 g/mol. The fourth-order valence-electron chi connectivity index (χ4n) is 3.38. The van der Waals surface area contributed by atoms with Gasteiger partial charge in [-0.25, -0.2) is 8.78 Å². The highest BCUT2D eigenvalue weighted by Gasteiger charge is 2.81. The zero-order chi connectivity index (χ0) is 21.4. The third-order valence-electron chi connectivity index (χ3n) is 4.47. The second kappa shape index (κ2) is 5.55. The Bertz CT molecular complexity index is 591. The van der Waals surface area contributed by atoms with Gasteiger partial charge in [0, 0.05) is 11.8 Å². The van der Waals surface area contributed by atoms with Crippen molar-refractivity contribution in [3.63, 3.8) is 0 Å². The fourth-order valence-corrected chi connectivity index (χ4v) is 3.38. The van der Waals surface area contributed by atoms with Crippen LogP contribution in [0.15, 0.2) is 23.3 Å². The van der Waals surface area contributed by atoms with Crippen molar-refractivity contribution in [3.05, 3.63) is 23.3 Å². The van der Waals surface area contributed by atoms with E-state index in [9.17, 15) is 52.7 Å². The van der Waals surface area contributed by atoms with Crippen molar-refractivity contribution in [2.45, 2.75) is 42.3 Å². The predicted octanol–water partition coefficient (Wildman–Crippen LogP) is 4.20. The molecule has 0 heterocycles. The molecule has 0 spiro atoms. The lowest BCUT2D eigenvalue weighted by molar-refractivity contribution is -0.364. The molecule has 0 saturated heterocycles. The number of rotatable bonds is 4. The van der Waals surface area contributed by atoms with Crippen LogP contribution in [-0.4, -0.2) is 46.1 Å². The summed E-state index contributed by atoms with van der Waals surface area (Å²) >= 11 is 0. The molecule has 4 unspecified atom stereocenters. The van der Waals surface area contributed by atoms with Gasteiger partial charge < -0.3 is 10.2 Å². The minimum atomic E-state index is -6.82. The first kappa shape index (κ1) is 21.9. The van der Waals surface area contributed by atoms with E-state index in [1.807, 2.05) is 0 Å². The number of fused-ring (bicyclic) bond motifs is 2. The van der Waals surface area contributed by atoms with Crippen molar-refractivity contribution in [1.29, 1.82) is 0 Å². The number of allylic oxidation sites excluding steroid dienone is 2. The number of hydrogen-bond acceptors (Lipinski definition) is 2. The maximum absolute atomic E-state index is 14.4. The van der Waals surface area contributed by atoms with Crippen LogP contribution in [0.25, 0.3) is 0 Å². The molecule has 2 bridgehead atoms. The van der Waals surface area contributed by atoms with Crippen LogP contribution >= 0.6 is 0 Å². The number of halogens is 12. The van der Waals surface area contributed by atoms with Gasteiger partial charge >= 0.3 is 35.9 Å². The van der Waals surface area contributed by atoms with Crippen LogP contribution in [-0.2, 0) is 0 Å². The molecule has 27 heavy (non-hydrogen) atoms. The standard InChI is InChI=1S/C13H8F12O2/c14-8(10(16,17)18,12(22,23)26)6-4-1-2-5(3-4)7(6)9(15,11(19,20)21)13(24,25)27/h1-2,4-5,26-27H,3H2. The van der Waals surface area contributed by atoms with E-state index >= 15 is 0 Å². The molecule has 2 rings (SSSR count). The summed E-state index contributed by atoms with van der Waals surface area (Å²) in [6.45, 7) is 0. The topological polar surface area (TPSA) is 40.5 Å². The Morgan fingerprint density at radius 2 is 0.852 bits per heavy atom. The Labute approximate surface area is 141 Å². The van der Waals surface area contributed by atoms with Gasteiger partial charge in [-0.1, -0.05) is 12.2 Å². The van der Waals surface area contributed by atoms with E-state index in [4.69, 9.17) is 10.2 Å². The summed E-state index contributed by atoms with van der Waals surface area (Å²) in [5, 5.41) is 16.8. The van der Waals surface area contributed by atoms with E-state index in [0.717, 1.165) is 0 Å². The van der Waals surface area contributed by atoms with E-state index < -0.39 is 65.3 Å². The van der Waals surface area contributed by atoms with E-state index in [2.05, 4.69) is 0 Å². The summed E-state index contributed by atoms with van der Waals surface area (Å²) in [6, 6.07) is 0. The molecule has 156 valence electrons. The third kappa shape index (κ3) is 2.74. The zero-order valence-corrected chi connectivity index (χ0v) is 12.4. The average Bonchev–Trinajstić information content (AvgIpc) is 3.00. The van der Waals surface area contributed by atoms with Crippen LogP contribution in [0.5, 0.6) is 0 Å². The van der Waals surface area contributed by atoms with Gasteiger partial charge in [-0.15, -0.1) is 0 Å². The van der Waals surface area contributed by atoms with Crippen LogP contribution in [0.1, 0.15) is 6.42 Å². The predicted molar refractivity (Wildman–Crippen MR) is 61.9 cm³/mol. The van der Waals surface area contributed by atoms with Crippen molar-refractivity contribution < 1.29 is 62.9 Å². The Hall–Kier alpha value is -1.44. The highest BCUT2D eigenvalue weighted by Crippen LogP contribution is 2.64. The molecule has 4 atom stereocenters. The molecule has 0 aromatic heterocycles. The van der Waals surface area contributed by atoms with Crippen molar-refractivity contribution in [2.75, 3.05) is 0 Å². The van der Waals surface area contributed by atoms with Crippen LogP contribution in [0.3, 0.4) is 0 Å². The van der Waals surface area contributed by atoms with Crippen molar-refractivity contribution in [3.8, 4) is 0 Å². The fraction of sp³-hybridized carbons (Fsp3) is 0.692. The monoisotopic (exact) mass is 424 g/mol. The number of aliphatic hydroxyl groups is 2. The average molecular weight is 424 g/mol. The molecule has 0 saturated carbocycles. The molecule has 0 aromatic carbocycles. The van der Waals surface area contributed by atoms with Gasteiger partial charge in [-0.05, 0) is 17.6 Å². The van der Waals surface area contributed by atoms with Gasteiger partial charge in [0.2, 0.25) is 0 Å². The van der Waals surface area contributed by atoms with Gasteiger partial charge in [0.25, 0.3) is 0 Å². The van der Waals surface area contributed by atoms with E-state index in [0.29, 0.717) is 12.2 Å². The van der Waals surface area contributed by atoms with E-state index in [1.54, 1.807) is 0 Å². The van der Waals surface area contributed by atoms with Crippen molar-refractivity contribution >= 4 is 0 Å². The minimum Gasteiger partial charge on any atom is -0.333 e. The summed E-state index contributed by atoms with van der Waals surface area (Å²) in [7, 11) is 0. The summed E-state index contributed by atoms with van der Waals surface area (Å²) in [5.41, 5.74) is -18.1. The molecule has 0 aliphatic heterocycles. The molecule has 0 amide bonds. The quantitative estimate of drug-likeness (QED) is 0.525. The Morgan fingerprint density at radius 3 is 1.04 bits per heavy atom. The normalized spacial score (nSPS) is 28.5. The van der Waals surface area contributed by atoms with Gasteiger partial charge in [-0.3, -0.25) is 0 Å². The second-order valence-corrected chi connectivity index (χ2v) is 6.06. The second-order valence-electron chi connectivity index (χ2n) is 6.06. The lowest BCUT2D eigenvalue weighted by Crippen LogP contribution is -2.62. The van der Waals surface area contributed by atoms with Crippen LogP contribution in [0.2, 0.25) is 0 Å². The van der Waals surface area contributed by atoms with Gasteiger partial charge in [-0.2, -0.15) is 43.9 Å². The summed E-state index contributed by atoms with van der Waals surface area (Å²) in [6.07, 6.45) is -26.6. The molecule has 2 N–H and O–H groups in total. The third-order valence-corrected chi connectivity index (χ3v) is 4.47. The number of alkyl halides is 12. The highest BCUT2D eigenvalue weighted by molar-refractivity contribution is 5.50. The largest absolute Gasteiger partial charge is 0.435 e. The molecule has 2 nitrogen and oxygen atoms in total. The maximum Gasteiger partial charge on any atom is 0.435 e. The van der Waals surface area contributed by atoms with Gasteiger partial charge in [0.05, 0.1) is 0 Å². The maximum atomic E-state index is 14.4. The molecule has 2 aliphatic rings. The SMILES string of the molecule is OC(F)(F)C(F)(C1=C(C(F)(C(O)(F)F)C(F)(F)F)C2C=CC1C2)C(F)(F)F. The van der Waals surface area contributed by atoms with Gasteiger partial charge in [0.15, 0.2) is 0 Å². The Balaban J connectivity index is 2.95. The Kier molecular flexibility index (Phi) is 4.49. The van der Waals surface area contributed by atoms with Crippen molar-refractivity contribution in [1.82, 2.24) is 0 Å². The molecule has 0 aromatic rings. The molecule has 0 radical (unpaired) electrons. The summed E-state index contributed by atoms with van der Waals surface area (Å²) in [5.74, 6) is -4.59. The molecule has 2 aliphatic carbocycles. The smallest absolute Gasteiger partial charge is 0.333 e.